The summed E-state index contributed by atoms with van der Waals surface area (Å²) in [5, 5.41) is 0.225. The Bertz CT molecular complexity index is 176. The zero-order chi connectivity index (χ0) is 14.3. The molecule has 0 fully saturated rings. The SMILES string of the molecule is CCCCCCC(CCCCC)[C@@H](CF)SSCC. The maximum Gasteiger partial charge on any atom is 0.102 e. The van der Waals surface area contributed by atoms with Crippen LogP contribution in [0.25, 0.3) is 0 Å². The standard InChI is InChI=1S/C16H33FS2/c1-4-7-9-11-13-15(12-10-8-5-2)16(14-17)19-18-6-3/h15-16H,4-14H2,1-3H3/t15?,16-/m1/s1. The van der Waals surface area contributed by atoms with E-state index in [9.17, 15) is 4.39 Å². The first-order valence-corrected chi connectivity index (χ1v) is 10.5. The fourth-order valence-electron chi connectivity index (χ4n) is 2.39. The van der Waals surface area contributed by atoms with E-state index in [1.807, 2.05) is 10.8 Å². The van der Waals surface area contributed by atoms with Gasteiger partial charge in [-0.25, -0.2) is 4.39 Å². The normalized spacial score (nSPS) is 14.5. The molecule has 0 aliphatic carbocycles. The molecule has 0 spiro atoms. The number of hydrogen-bond acceptors (Lipinski definition) is 2. The highest BCUT2D eigenvalue weighted by atomic mass is 33.1. The fourth-order valence-corrected chi connectivity index (χ4v) is 4.74. The summed E-state index contributed by atoms with van der Waals surface area (Å²) in [5.41, 5.74) is 0. The van der Waals surface area contributed by atoms with Crippen LogP contribution in [-0.2, 0) is 0 Å². The summed E-state index contributed by atoms with van der Waals surface area (Å²) in [7, 11) is 3.62. The first-order valence-electron chi connectivity index (χ1n) is 8.14. The van der Waals surface area contributed by atoms with Gasteiger partial charge in [-0.2, -0.15) is 0 Å². The number of hydrogen-bond donors (Lipinski definition) is 0. The van der Waals surface area contributed by atoms with Crippen LogP contribution in [0.15, 0.2) is 0 Å². The molecule has 19 heavy (non-hydrogen) atoms. The second-order valence-electron chi connectivity index (χ2n) is 5.30. The van der Waals surface area contributed by atoms with Crippen LogP contribution in [0.4, 0.5) is 4.39 Å². The zero-order valence-corrected chi connectivity index (χ0v) is 14.8. The lowest BCUT2D eigenvalue weighted by atomic mass is 9.92. The van der Waals surface area contributed by atoms with Crippen LogP contribution < -0.4 is 0 Å². The summed E-state index contributed by atoms with van der Waals surface area (Å²) < 4.78 is 13.3. The van der Waals surface area contributed by atoms with Crippen molar-refractivity contribution in [2.24, 2.45) is 5.92 Å². The predicted octanol–water partition coefficient (Wildman–Crippen LogP) is 6.89. The van der Waals surface area contributed by atoms with Crippen molar-refractivity contribution in [3.05, 3.63) is 0 Å². The molecule has 0 saturated heterocycles. The van der Waals surface area contributed by atoms with Crippen LogP contribution in [0.5, 0.6) is 0 Å². The molecule has 116 valence electrons. The van der Waals surface area contributed by atoms with E-state index in [1.54, 1.807) is 10.8 Å². The van der Waals surface area contributed by atoms with Gasteiger partial charge in [-0.1, -0.05) is 87.3 Å². The van der Waals surface area contributed by atoms with E-state index in [4.69, 9.17) is 0 Å². The topological polar surface area (TPSA) is 0 Å². The molecular formula is C16H33FS2. The minimum Gasteiger partial charge on any atom is -0.250 e. The van der Waals surface area contributed by atoms with Gasteiger partial charge in [0.15, 0.2) is 0 Å². The van der Waals surface area contributed by atoms with Gasteiger partial charge in [0, 0.05) is 11.0 Å². The molecule has 0 rings (SSSR count). The Morgan fingerprint density at radius 2 is 1.42 bits per heavy atom. The van der Waals surface area contributed by atoms with E-state index in [2.05, 4.69) is 20.8 Å². The van der Waals surface area contributed by atoms with E-state index < -0.39 is 0 Å². The van der Waals surface area contributed by atoms with Gasteiger partial charge in [-0.05, 0) is 18.8 Å². The molecule has 0 saturated carbocycles. The van der Waals surface area contributed by atoms with Crippen molar-refractivity contribution in [1.82, 2.24) is 0 Å². The lowest BCUT2D eigenvalue weighted by Crippen LogP contribution is -2.19. The van der Waals surface area contributed by atoms with Gasteiger partial charge >= 0.3 is 0 Å². The van der Waals surface area contributed by atoms with Crippen LogP contribution in [0, 0.1) is 5.92 Å². The number of alkyl halides is 1. The molecule has 0 N–H and O–H groups in total. The molecule has 0 amide bonds. The summed E-state index contributed by atoms with van der Waals surface area (Å²) in [6, 6.07) is 0. The smallest absolute Gasteiger partial charge is 0.102 e. The quantitative estimate of drug-likeness (QED) is 0.253. The molecule has 1 unspecified atom stereocenters. The Balaban J connectivity index is 4.10. The van der Waals surface area contributed by atoms with Crippen molar-refractivity contribution in [1.29, 1.82) is 0 Å². The number of unbranched alkanes of at least 4 members (excludes halogenated alkanes) is 5. The second-order valence-corrected chi connectivity index (χ2v) is 8.20. The lowest BCUT2D eigenvalue weighted by molar-refractivity contribution is 0.346. The summed E-state index contributed by atoms with van der Waals surface area (Å²) >= 11 is 0. The van der Waals surface area contributed by atoms with Crippen molar-refractivity contribution >= 4 is 21.6 Å². The van der Waals surface area contributed by atoms with Gasteiger partial charge in [0.05, 0.1) is 0 Å². The fraction of sp³-hybridized carbons (Fsp3) is 1.00. The summed E-state index contributed by atoms with van der Waals surface area (Å²) in [4.78, 5) is 0. The highest BCUT2D eigenvalue weighted by Crippen LogP contribution is 2.36. The monoisotopic (exact) mass is 308 g/mol. The first-order chi connectivity index (χ1) is 9.29. The highest BCUT2D eigenvalue weighted by molar-refractivity contribution is 8.76. The van der Waals surface area contributed by atoms with Gasteiger partial charge < -0.3 is 0 Å². The molecule has 0 bridgehead atoms. The Morgan fingerprint density at radius 1 is 0.842 bits per heavy atom. The van der Waals surface area contributed by atoms with Gasteiger partial charge in [-0.3, -0.25) is 0 Å². The highest BCUT2D eigenvalue weighted by Gasteiger charge is 2.21. The van der Waals surface area contributed by atoms with Gasteiger partial charge in [0.1, 0.15) is 6.67 Å². The van der Waals surface area contributed by atoms with Crippen molar-refractivity contribution < 1.29 is 4.39 Å². The Labute approximate surface area is 128 Å². The molecule has 0 nitrogen and oxygen atoms in total. The third-order valence-electron chi connectivity index (χ3n) is 3.59. The van der Waals surface area contributed by atoms with Crippen LogP contribution in [-0.4, -0.2) is 17.7 Å². The molecule has 3 heteroatoms. The molecular weight excluding hydrogens is 275 g/mol. The minimum absolute atomic E-state index is 0.151. The summed E-state index contributed by atoms with van der Waals surface area (Å²) in [6.07, 6.45) is 11.5. The molecule has 0 heterocycles. The number of halogens is 1. The molecule has 2 atom stereocenters. The second kappa shape index (κ2) is 15.0. The Morgan fingerprint density at radius 3 is 1.95 bits per heavy atom. The average Bonchev–Trinajstić information content (AvgIpc) is 2.43. The lowest BCUT2D eigenvalue weighted by Gasteiger charge is -2.24. The maximum absolute atomic E-state index is 13.3. The minimum atomic E-state index is -0.151. The van der Waals surface area contributed by atoms with E-state index in [1.165, 1.54) is 57.8 Å². The average molecular weight is 309 g/mol. The molecule has 0 aliphatic heterocycles. The van der Waals surface area contributed by atoms with E-state index in [0.717, 1.165) is 5.75 Å². The molecule has 0 aromatic carbocycles. The maximum atomic E-state index is 13.3. The van der Waals surface area contributed by atoms with Gasteiger partial charge in [0.2, 0.25) is 0 Å². The molecule has 0 aromatic heterocycles. The third kappa shape index (κ3) is 11.0. The first kappa shape index (κ1) is 19.6. The third-order valence-corrected chi connectivity index (χ3v) is 6.58. The predicted molar refractivity (Wildman–Crippen MR) is 91.9 cm³/mol. The summed E-state index contributed by atoms with van der Waals surface area (Å²) in [6.45, 7) is 6.49. The van der Waals surface area contributed by atoms with Crippen LogP contribution >= 0.6 is 21.6 Å². The molecule has 0 radical (unpaired) electrons. The van der Waals surface area contributed by atoms with E-state index in [0.29, 0.717) is 5.92 Å². The van der Waals surface area contributed by atoms with E-state index >= 15 is 0 Å². The van der Waals surface area contributed by atoms with Crippen molar-refractivity contribution in [2.75, 3.05) is 12.4 Å². The number of rotatable bonds is 14. The van der Waals surface area contributed by atoms with Crippen molar-refractivity contribution in [3.8, 4) is 0 Å². The summed E-state index contributed by atoms with van der Waals surface area (Å²) in [5.74, 6) is 1.68. The molecule has 0 aromatic rings. The zero-order valence-electron chi connectivity index (χ0n) is 13.1. The van der Waals surface area contributed by atoms with Gasteiger partial charge in [0.25, 0.3) is 0 Å². The molecule has 0 aliphatic rings. The van der Waals surface area contributed by atoms with E-state index in [-0.39, 0.29) is 11.9 Å². The Hall–Kier alpha value is 0.630. The van der Waals surface area contributed by atoms with Crippen LogP contribution in [0.3, 0.4) is 0 Å². The van der Waals surface area contributed by atoms with Crippen molar-refractivity contribution in [3.63, 3.8) is 0 Å². The van der Waals surface area contributed by atoms with Crippen molar-refractivity contribution in [2.45, 2.75) is 83.8 Å². The van der Waals surface area contributed by atoms with Gasteiger partial charge in [-0.15, -0.1) is 0 Å². The van der Waals surface area contributed by atoms with Crippen LogP contribution in [0.2, 0.25) is 0 Å². The Kier molecular flexibility index (Phi) is 15.5. The van der Waals surface area contributed by atoms with Crippen LogP contribution in [0.1, 0.15) is 78.6 Å². The largest absolute Gasteiger partial charge is 0.250 e.